The zero-order valence-corrected chi connectivity index (χ0v) is 13.2. The zero-order chi connectivity index (χ0) is 15.2. The molecule has 0 fully saturated rings. The van der Waals surface area contributed by atoms with Crippen molar-refractivity contribution >= 4 is 39.8 Å². The molecule has 0 aliphatic carbocycles. The van der Waals surface area contributed by atoms with Crippen LogP contribution in [0, 0.1) is 5.82 Å². The molecule has 2 rings (SSSR count). The Morgan fingerprint density at radius 3 is 2.76 bits per heavy atom. The minimum Gasteiger partial charge on any atom is -0.360 e. The van der Waals surface area contributed by atoms with Crippen molar-refractivity contribution in [3.05, 3.63) is 30.1 Å². The summed E-state index contributed by atoms with van der Waals surface area (Å²) in [5.74, 6) is -0.493. The lowest BCUT2D eigenvalue weighted by molar-refractivity contribution is -0.115. The number of thioether (sulfide) groups is 1. The first kappa shape index (κ1) is 15.7. The van der Waals surface area contributed by atoms with Crippen LogP contribution in [0.15, 0.2) is 28.6 Å². The van der Waals surface area contributed by atoms with Gasteiger partial charge < -0.3 is 10.6 Å². The SMILES string of the molecule is CCNc1nnc(S[C@H](C)C(=O)Nc2ccc(F)cc2)s1. The van der Waals surface area contributed by atoms with Crippen molar-refractivity contribution in [3.8, 4) is 0 Å². The first-order valence-corrected chi connectivity index (χ1v) is 8.08. The van der Waals surface area contributed by atoms with E-state index < -0.39 is 0 Å². The fraction of sp³-hybridized carbons (Fsp3) is 0.308. The number of hydrogen-bond acceptors (Lipinski definition) is 6. The lowest BCUT2D eigenvalue weighted by Gasteiger charge is -2.10. The second kappa shape index (κ2) is 7.37. The average molecular weight is 326 g/mol. The Morgan fingerprint density at radius 2 is 2.10 bits per heavy atom. The van der Waals surface area contributed by atoms with Gasteiger partial charge in [0.05, 0.1) is 5.25 Å². The molecule has 1 heterocycles. The van der Waals surface area contributed by atoms with Crippen molar-refractivity contribution in [2.75, 3.05) is 17.2 Å². The minimum absolute atomic E-state index is 0.160. The van der Waals surface area contributed by atoms with Crippen LogP contribution < -0.4 is 10.6 Å². The van der Waals surface area contributed by atoms with E-state index in [0.717, 1.165) is 16.0 Å². The summed E-state index contributed by atoms with van der Waals surface area (Å²) in [5, 5.41) is 14.2. The van der Waals surface area contributed by atoms with Gasteiger partial charge in [0.25, 0.3) is 0 Å². The summed E-state index contributed by atoms with van der Waals surface area (Å²) in [6.45, 7) is 4.55. The quantitative estimate of drug-likeness (QED) is 0.798. The Morgan fingerprint density at radius 1 is 1.38 bits per heavy atom. The number of hydrogen-bond donors (Lipinski definition) is 2. The monoisotopic (exact) mass is 326 g/mol. The highest BCUT2D eigenvalue weighted by molar-refractivity contribution is 8.02. The molecule has 8 heteroatoms. The molecule has 0 spiro atoms. The lowest BCUT2D eigenvalue weighted by Crippen LogP contribution is -2.22. The molecule has 5 nitrogen and oxygen atoms in total. The summed E-state index contributed by atoms with van der Waals surface area (Å²) in [6, 6.07) is 5.67. The van der Waals surface area contributed by atoms with E-state index in [1.165, 1.54) is 47.4 Å². The Hall–Kier alpha value is -1.67. The minimum atomic E-state index is -0.333. The number of rotatable bonds is 6. The Kier molecular flexibility index (Phi) is 5.51. The van der Waals surface area contributed by atoms with Gasteiger partial charge in [0.15, 0.2) is 4.34 Å². The molecule has 2 N–H and O–H groups in total. The smallest absolute Gasteiger partial charge is 0.237 e. The molecule has 0 unspecified atom stereocenters. The zero-order valence-electron chi connectivity index (χ0n) is 11.6. The van der Waals surface area contributed by atoms with Crippen molar-refractivity contribution in [2.24, 2.45) is 0 Å². The van der Waals surface area contributed by atoms with E-state index in [4.69, 9.17) is 0 Å². The summed E-state index contributed by atoms with van der Waals surface area (Å²) >= 11 is 2.75. The lowest BCUT2D eigenvalue weighted by atomic mass is 10.3. The van der Waals surface area contributed by atoms with Crippen LogP contribution >= 0.6 is 23.1 Å². The maximum absolute atomic E-state index is 12.8. The molecule has 0 aliphatic rings. The fourth-order valence-corrected chi connectivity index (χ4v) is 3.43. The molecule has 112 valence electrons. The average Bonchev–Trinajstić information content (AvgIpc) is 2.89. The van der Waals surface area contributed by atoms with Gasteiger partial charge in [-0.15, -0.1) is 10.2 Å². The van der Waals surface area contributed by atoms with E-state index >= 15 is 0 Å². The molecular weight excluding hydrogens is 311 g/mol. The first-order valence-electron chi connectivity index (χ1n) is 6.39. The standard InChI is InChI=1S/C13H15FN4OS2/c1-3-15-12-17-18-13(21-12)20-8(2)11(19)16-10-6-4-9(14)5-7-10/h4-8H,3H2,1-2H3,(H,15,17)(H,16,19)/t8-/m1/s1. The van der Waals surface area contributed by atoms with Gasteiger partial charge >= 0.3 is 0 Å². The van der Waals surface area contributed by atoms with Crippen LogP contribution in [0.25, 0.3) is 0 Å². The maximum Gasteiger partial charge on any atom is 0.237 e. The molecule has 1 amide bonds. The van der Waals surface area contributed by atoms with Gasteiger partial charge in [-0.3, -0.25) is 4.79 Å². The van der Waals surface area contributed by atoms with Crippen molar-refractivity contribution in [3.63, 3.8) is 0 Å². The summed E-state index contributed by atoms with van der Waals surface area (Å²) in [5.41, 5.74) is 0.569. The predicted molar refractivity (Wildman–Crippen MR) is 84.4 cm³/mol. The molecule has 21 heavy (non-hydrogen) atoms. The molecule has 0 saturated carbocycles. The Bertz CT molecular complexity index is 602. The molecule has 2 aromatic rings. The van der Waals surface area contributed by atoms with Crippen molar-refractivity contribution in [2.45, 2.75) is 23.4 Å². The highest BCUT2D eigenvalue weighted by Crippen LogP contribution is 2.29. The summed E-state index contributed by atoms with van der Waals surface area (Å²) in [4.78, 5) is 12.0. The number of nitrogens with one attached hydrogen (secondary N) is 2. The van der Waals surface area contributed by atoms with Gasteiger partial charge in [-0.2, -0.15) is 0 Å². The van der Waals surface area contributed by atoms with Crippen LogP contribution in [0.4, 0.5) is 15.2 Å². The highest BCUT2D eigenvalue weighted by Gasteiger charge is 2.17. The van der Waals surface area contributed by atoms with E-state index in [0.29, 0.717) is 5.69 Å². The second-order valence-electron chi connectivity index (χ2n) is 4.16. The number of carbonyl (C=O) groups is 1. The Labute approximate surface area is 130 Å². The molecule has 1 aromatic carbocycles. The van der Waals surface area contributed by atoms with Gasteiger partial charge in [0.2, 0.25) is 11.0 Å². The van der Waals surface area contributed by atoms with E-state index in [9.17, 15) is 9.18 Å². The van der Waals surface area contributed by atoms with Gasteiger partial charge in [0, 0.05) is 12.2 Å². The third-order valence-electron chi connectivity index (χ3n) is 2.49. The molecule has 1 aromatic heterocycles. The van der Waals surface area contributed by atoms with E-state index in [1.807, 2.05) is 6.92 Å². The molecule has 0 aliphatic heterocycles. The van der Waals surface area contributed by atoms with Crippen molar-refractivity contribution in [1.29, 1.82) is 0 Å². The normalized spacial score (nSPS) is 12.0. The number of nitrogens with zero attached hydrogens (tertiary/aromatic N) is 2. The second-order valence-corrected chi connectivity index (χ2v) is 6.73. The number of aromatic nitrogens is 2. The van der Waals surface area contributed by atoms with Crippen LogP contribution in [-0.2, 0) is 4.79 Å². The molecule has 0 radical (unpaired) electrons. The number of amides is 1. The molecule has 1 atom stereocenters. The Balaban J connectivity index is 1.90. The van der Waals surface area contributed by atoms with E-state index in [2.05, 4.69) is 20.8 Å². The predicted octanol–water partition coefficient (Wildman–Crippen LogP) is 3.23. The summed E-state index contributed by atoms with van der Waals surface area (Å²) in [7, 11) is 0. The first-order chi connectivity index (χ1) is 10.1. The van der Waals surface area contributed by atoms with E-state index in [-0.39, 0.29) is 17.0 Å². The summed E-state index contributed by atoms with van der Waals surface area (Å²) in [6.07, 6.45) is 0. The van der Waals surface area contributed by atoms with Gasteiger partial charge in [-0.25, -0.2) is 4.39 Å². The largest absolute Gasteiger partial charge is 0.360 e. The van der Waals surface area contributed by atoms with Gasteiger partial charge in [0.1, 0.15) is 5.82 Å². The number of carbonyl (C=O) groups excluding carboxylic acids is 1. The third-order valence-corrected chi connectivity index (χ3v) is 4.56. The topological polar surface area (TPSA) is 66.9 Å². The molecule has 0 saturated heterocycles. The highest BCUT2D eigenvalue weighted by atomic mass is 32.2. The van der Waals surface area contributed by atoms with Crippen molar-refractivity contribution in [1.82, 2.24) is 10.2 Å². The van der Waals surface area contributed by atoms with Gasteiger partial charge in [-0.05, 0) is 38.1 Å². The molecule has 0 bridgehead atoms. The van der Waals surface area contributed by atoms with Gasteiger partial charge in [-0.1, -0.05) is 23.1 Å². The maximum atomic E-state index is 12.8. The number of halogens is 1. The van der Waals surface area contributed by atoms with Crippen LogP contribution in [0.1, 0.15) is 13.8 Å². The van der Waals surface area contributed by atoms with Crippen LogP contribution in [-0.4, -0.2) is 27.9 Å². The van der Waals surface area contributed by atoms with Crippen molar-refractivity contribution < 1.29 is 9.18 Å². The molecular formula is C13H15FN4OS2. The third kappa shape index (κ3) is 4.68. The van der Waals surface area contributed by atoms with Crippen LogP contribution in [0.3, 0.4) is 0 Å². The van der Waals surface area contributed by atoms with E-state index in [1.54, 1.807) is 6.92 Å². The fourth-order valence-electron chi connectivity index (χ4n) is 1.46. The summed E-state index contributed by atoms with van der Waals surface area (Å²) < 4.78 is 13.5. The van der Waals surface area contributed by atoms with Crippen LogP contribution in [0.5, 0.6) is 0 Å². The number of anilines is 2. The van der Waals surface area contributed by atoms with Crippen LogP contribution in [0.2, 0.25) is 0 Å². The number of benzene rings is 1.